The monoisotopic (exact) mass is 277 g/mol. The van der Waals surface area contributed by atoms with Gasteiger partial charge in [0.2, 0.25) is 11.8 Å². The second-order valence-corrected chi connectivity index (χ2v) is 4.61. The van der Waals surface area contributed by atoms with Crippen molar-refractivity contribution in [3.8, 4) is 5.88 Å². The highest BCUT2D eigenvalue weighted by molar-refractivity contribution is 5.93. The Hall–Kier alpha value is -1.92. The molecule has 108 valence electrons. The number of methoxy groups -OCH3 is 1. The van der Waals surface area contributed by atoms with Gasteiger partial charge in [0.25, 0.3) is 0 Å². The fraction of sp³-hybridized carbons (Fsp3) is 0.429. The van der Waals surface area contributed by atoms with Crippen molar-refractivity contribution in [3.63, 3.8) is 0 Å². The van der Waals surface area contributed by atoms with Crippen molar-refractivity contribution < 1.29 is 14.3 Å². The molecule has 1 aliphatic carbocycles. The molecule has 0 spiro atoms. The van der Waals surface area contributed by atoms with E-state index in [0.717, 1.165) is 0 Å². The molecule has 0 bridgehead atoms. The lowest BCUT2D eigenvalue weighted by atomic mass is 10.1. The minimum Gasteiger partial charge on any atom is -0.475 e. The summed E-state index contributed by atoms with van der Waals surface area (Å²) in [5, 5.41) is 2.81. The maximum atomic E-state index is 12.0. The molecule has 1 aliphatic rings. The Kier molecular flexibility index (Phi) is 5.09. The molecule has 0 aromatic carbocycles. The number of carbonyl (C=O) groups excluding carboxylic acids is 1. The molecule has 1 amide bonds. The number of carbonyl (C=O) groups is 1. The van der Waals surface area contributed by atoms with Crippen molar-refractivity contribution in [1.82, 2.24) is 4.98 Å². The number of hydrogen-bond donors (Lipinski definition) is 2. The van der Waals surface area contributed by atoms with Crippen LogP contribution in [-0.4, -0.2) is 37.3 Å². The Bertz CT molecular complexity index is 473. The number of nitrogens with two attached hydrogens (primary N) is 1. The molecule has 2 rings (SSSR count). The van der Waals surface area contributed by atoms with Crippen molar-refractivity contribution in [2.45, 2.75) is 12.5 Å². The third kappa shape index (κ3) is 4.04. The standard InChI is InChI=1S/C14H19N3O3/c1-19-6-7-20-13-5-4-12(9-16-13)17-14(18)10-2-3-11(15)8-10/h2-5,9-11H,6-8,15H2,1H3,(H,17,18). The average Bonchev–Trinajstić information content (AvgIpc) is 2.88. The second kappa shape index (κ2) is 7.02. The summed E-state index contributed by atoms with van der Waals surface area (Å²) in [6.45, 7) is 0.953. The summed E-state index contributed by atoms with van der Waals surface area (Å²) in [4.78, 5) is 16.1. The highest BCUT2D eigenvalue weighted by Crippen LogP contribution is 2.19. The van der Waals surface area contributed by atoms with Crippen molar-refractivity contribution in [3.05, 3.63) is 30.5 Å². The van der Waals surface area contributed by atoms with E-state index in [-0.39, 0.29) is 17.9 Å². The molecule has 2 atom stereocenters. The summed E-state index contributed by atoms with van der Waals surface area (Å²) in [6.07, 6.45) is 5.92. The predicted molar refractivity (Wildman–Crippen MR) is 75.5 cm³/mol. The van der Waals surface area contributed by atoms with Crippen LogP contribution in [0.4, 0.5) is 5.69 Å². The van der Waals surface area contributed by atoms with Gasteiger partial charge in [0, 0.05) is 19.2 Å². The first-order valence-electron chi connectivity index (χ1n) is 6.51. The summed E-state index contributed by atoms with van der Waals surface area (Å²) in [5.74, 6) is 0.273. The molecule has 3 N–H and O–H groups in total. The van der Waals surface area contributed by atoms with E-state index in [9.17, 15) is 4.79 Å². The molecule has 6 nitrogen and oxygen atoms in total. The van der Waals surface area contributed by atoms with Gasteiger partial charge in [-0.1, -0.05) is 12.2 Å². The van der Waals surface area contributed by atoms with Crippen molar-refractivity contribution in [2.24, 2.45) is 11.7 Å². The normalized spacial score (nSPS) is 20.9. The first-order chi connectivity index (χ1) is 9.69. The van der Waals surface area contributed by atoms with Crippen molar-refractivity contribution in [2.75, 3.05) is 25.6 Å². The molecule has 1 aromatic heterocycles. The van der Waals surface area contributed by atoms with Crippen LogP contribution in [0.2, 0.25) is 0 Å². The van der Waals surface area contributed by atoms with Crippen LogP contribution in [0, 0.1) is 5.92 Å². The van der Waals surface area contributed by atoms with Crippen molar-refractivity contribution >= 4 is 11.6 Å². The van der Waals surface area contributed by atoms with Gasteiger partial charge in [-0.25, -0.2) is 4.98 Å². The number of amides is 1. The molecule has 20 heavy (non-hydrogen) atoms. The molecule has 0 saturated heterocycles. The quantitative estimate of drug-likeness (QED) is 0.597. The molecular weight excluding hydrogens is 258 g/mol. The van der Waals surface area contributed by atoms with Crippen LogP contribution in [-0.2, 0) is 9.53 Å². The summed E-state index contributed by atoms with van der Waals surface area (Å²) in [7, 11) is 1.61. The highest BCUT2D eigenvalue weighted by Gasteiger charge is 2.22. The SMILES string of the molecule is COCCOc1ccc(NC(=O)C2C=CC(N)C2)cn1. The van der Waals surface area contributed by atoms with E-state index in [1.165, 1.54) is 0 Å². The Labute approximate surface area is 118 Å². The lowest BCUT2D eigenvalue weighted by Crippen LogP contribution is -2.24. The topological polar surface area (TPSA) is 86.5 Å². The van der Waals surface area contributed by atoms with Gasteiger partial charge in [0.1, 0.15) is 6.61 Å². The molecule has 2 unspecified atom stereocenters. The molecule has 1 heterocycles. The number of anilines is 1. The second-order valence-electron chi connectivity index (χ2n) is 4.61. The van der Waals surface area contributed by atoms with Crippen LogP contribution in [0.1, 0.15) is 6.42 Å². The summed E-state index contributed by atoms with van der Waals surface area (Å²) >= 11 is 0. The molecule has 0 saturated carbocycles. The van der Waals surface area contributed by atoms with Crippen LogP contribution in [0.15, 0.2) is 30.5 Å². The van der Waals surface area contributed by atoms with Gasteiger partial charge in [0.15, 0.2) is 0 Å². The van der Waals surface area contributed by atoms with E-state index in [1.807, 2.05) is 12.2 Å². The van der Waals surface area contributed by atoms with Gasteiger partial charge in [-0.05, 0) is 12.5 Å². The van der Waals surface area contributed by atoms with Gasteiger partial charge < -0.3 is 20.5 Å². The number of aromatic nitrogens is 1. The summed E-state index contributed by atoms with van der Waals surface area (Å²) < 4.78 is 10.2. The number of pyridine rings is 1. The van der Waals surface area contributed by atoms with E-state index < -0.39 is 0 Å². The van der Waals surface area contributed by atoms with E-state index in [0.29, 0.717) is 31.2 Å². The van der Waals surface area contributed by atoms with Crippen molar-refractivity contribution in [1.29, 1.82) is 0 Å². The van der Waals surface area contributed by atoms with Gasteiger partial charge in [-0.3, -0.25) is 4.79 Å². The number of nitrogens with one attached hydrogen (secondary N) is 1. The zero-order valence-electron chi connectivity index (χ0n) is 11.4. The van der Waals surface area contributed by atoms with Crippen LogP contribution in [0.5, 0.6) is 5.88 Å². The minimum absolute atomic E-state index is 0.0274. The Balaban J connectivity index is 1.84. The van der Waals surface area contributed by atoms with E-state index >= 15 is 0 Å². The molecule has 1 aromatic rings. The smallest absolute Gasteiger partial charge is 0.231 e. The largest absolute Gasteiger partial charge is 0.475 e. The van der Waals surface area contributed by atoms with Crippen LogP contribution < -0.4 is 15.8 Å². The zero-order valence-corrected chi connectivity index (χ0v) is 11.4. The number of rotatable bonds is 6. The highest BCUT2D eigenvalue weighted by atomic mass is 16.5. The lowest BCUT2D eigenvalue weighted by molar-refractivity contribution is -0.118. The molecule has 0 radical (unpaired) electrons. The summed E-state index contributed by atoms with van der Waals surface area (Å²) in [6, 6.07) is 3.44. The predicted octanol–water partition coefficient (Wildman–Crippen LogP) is 0.949. The van der Waals surface area contributed by atoms with Crippen LogP contribution in [0.3, 0.4) is 0 Å². The van der Waals surface area contributed by atoms with Gasteiger partial charge in [-0.2, -0.15) is 0 Å². The molecule has 0 fully saturated rings. The van der Waals surface area contributed by atoms with Crippen LogP contribution >= 0.6 is 0 Å². The maximum Gasteiger partial charge on any atom is 0.231 e. The van der Waals surface area contributed by atoms with Gasteiger partial charge in [0.05, 0.1) is 24.4 Å². The van der Waals surface area contributed by atoms with E-state index in [1.54, 1.807) is 25.4 Å². The third-order valence-corrected chi connectivity index (χ3v) is 2.99. The first-order valence-corrected chi connectivity index (χ1v) is 6.51. The Morgan fingerprint density at radius 3 is 2.90 bits per heavy atom. The third-order valence-electron chi connectivity index (χ3n) is 2.99. The number of ether oxygens (including phenoxy) is 2. The van der Waals surface area contributed by atoms with Gasteiger partial charge >= 0.3 is 0 Å². The van der Waals surface area contributed by atoms with E-state index in [2.05, 4.69) is 10.3 Å². The fourth-order valence-corrected chi connectivity index (χ4v) is 1.93. The van der Waals surface area contributed by atoms with E-state index in [4.69, 9.17) is 15.2 Å². The Morgan fingerprint density at radius 2 is 2.30 bits per heavy atom. The first kappa shape index (κ1) is 14.5. The molecule has 0 aliphatic heterocycles. The molecular formula is C14H19N3O3. The molecule has 6 heteroatoms. The lowest BCUT2D eigenvalue weighted by Gasteiger charge is -2.10. The number of hydrogen-bond acceptors (Lipinski definition) is 5. The fourth-order valence-electron chi connectivity index (χ4n) is 1.93. The van der Waals surface area contributed by atoms with Crippen LogP contribution in [0.25, 0.3) is 0 Å². The maximum absolute atomic E-state index is 12.0. The minimum atomic E-state index is -0.164. The Morgan fingerprint density at radius 1 is 1.45 bits per heavy atom. The number of nitrogens with zero attached hydrogens (tertiary/aromatic N) is 1. The summed E-state index contributed by atoms with van der Waals surface area (Å²) in [5.41, 5.74) is 6.37. The van der Waals surface area contributed by atoms with Gasteiger partial charge in [-0.15, -0.1) is 0 Å². The average molecular weight is 277 g/mol. The zero-order chi connectivity index (χ0) is 14.4.